The molecule has 1 atom stereocenters. The second kappa shape index (κ2) is 9.71. The van der Waals surface area contributed by atoms with Gasteiger partial charge in [-0.2, -0.15) is 5.26 Å². The second-order valence-corrected chi connectivity index (χ2v) is 8.66. The molecule has 2 aliphatic rings. The van der Waals surface area contributed by atoms with E-state index in [1.165, 1.54) is 5.56 Å². The average Bonchev–Trinajstić information content (AvgIpc) is 2.71. The number of hydrogen-bond acceptors (Lipinski definition) is 6. The Morgan fingerprint density at radius 2 is 1.71 bits per heavy atom. The van der Waals surface area contributed by atoms with E-state index in [2.05, 4.69) is 46.9 Å². The Balaban J connectivity index is 1.38. The highest BCUT2D eigenvalue weighted by atomic mass is 16.5. The molecule has 0 saturated carbocycles. The molecule has 2 heterocycles. The standard InChI is InChI=1S/C22H34N4O2/c1-22(18-23)7-9-25(10-8-22)15-19-3-5-21(6-4-19)28-17-20(27)16-26-13-11-24(2)12-14-26/h3-6,20,27H,7-17H2,1-2H3/t20-/m1/s1. The van der Waals surface area contributed by atoms with Crippen LogP contribution in [0.4, 0.5) is 0 Å². The van der Waals surface area contributed by atoms with Crippen molar-refractivity contribution in [3.05, 3.63) is 29.8 Å². The third kappa shape index (κ3) is 6.18. The van der Waals surface area contributed by atoms with Gasteiger partial charge in [0.05, 0.1) is 11.5 Å². The molecule has 3 rings (SSSR count). The Labute approximate surface area is 169 Å². The van der Waals surface area contributed by atoms with Crippen LogP contribution < -0.4 is 4.74 Å². The zero-order valence-corrected chi connectivity index (χ0v) is 17.3. The highest BCUT2D eigenvalue weighted by molar-refractivity contribution is 5.27. The van der Waals surface area contributed by atoms with Crippen molar-refractivity contribution in [1.82, 2.24) is 14.7 Å². The minimum Gasteiger partial charge on any atom is -0.491 e. The molecule has 0 spiro atoms. The highest BCUT2D eigenvalue weighted by Gasteiger charge is 2.29. The van der Waals surface area contributed by atoms with E-state index in [9.17, 15) is 10.4 Å². The number of nitriles is 1. The smallest absolute Gasteiger partial charge is 0.119 e. The summed E-state index contributed by atoms with van der Waals surface area (Å²) in [6.45, 7) is 10.0. The van der Waals surface area contributed by atoms with E-state index in [1.54, 1.807) is 0 Å². The first-order valence-electron chi connectivity index (χ1n) is 10.4. The summed E-state index contributed by atoms with van der Waals surface area (Å²) in [5, 5.41) is 19.5. The summed E-state index contributed by atoms with van der Waals surface area (Å²) in [7, 11) is 2.13. The lowest BCUT2D eigenvalue weighted by Crippen LogP contribution is -2.47. The topological polar surface area (TPSA) is 63.0 Å². The molecule has 0 radical (unpaired) electrons. The van der Waals surface area contributed by atoms with Crippen molar-refractivity contribution < 1.29 is 9.84 Å². The van der Waals surface area contributed by atoms with Gasteiger partial charge in [-0.25, -0.2) is 0 Å². The zero-order chi connectivity index (χ0) is 20.0. The van der Waals surface area contributed by atoms with Gasteiger partial charge in [-0.05, 0) is 57.6 Å². The van der Waals surface area contributed by atoms with Gasteiger partial charge in [-0.3, -0.25) is 9.80 Å². The fourth-order valence-corrected chi connectivity index (χ4v) is 3.84. The normalized spacial score (nSPS) is 22.5. The third-order valence-electron chi connectivity index (χ3n) is 6.07. The van der Waals surface area contributed by atoms with Gasteiger partial charge in [0.2, 0.25) is 0 Å². The van der Waals surface area contributed by atoms with Crippen LogP contribution >= 0.6 is 0 Å². The van der Waals surface area contributed by atoms with Crippen LogP contribution in [-0.2, 0) is 6.54 Å². The molecule has 6 heteroatoms. The third-order valence-corrected chi connectivity index (χ3v) is 6.07. The Bertz CT molecular complexity index is 641. The molecule has 0 bridgehead atoms. The van der Waals surface area contributed by atoms with Crippen LogP contribution in [0.25, 0.3) is 0 Å². The number of benzene rings is 1. The van der Waals surface area contributed by atoms with Gasteiger partial charge in [0.25, 0.3) is 0 Å². The largest absolute Gasteiger partial charge is 0.491 e. The molecular weight excluding hydrogens is 352 g/mol. The number of hydrogen-bond donors (Lipinski definition) is 1. The molecular formula is C22H34N4O2. The monoisotopic (exact) mass is 386 g/mol. The molecule has 1 N–H and O–H groups in total. The summed E-state index contributed by atoms with van der Waals surface area (Å²) in [4.78, 5) is 7.02. The van der Waals surface area contributed by atoms with E-state index in [-0.39, 0.29) is 5.41 Å². The van der Waals surface area contributed by atoms with Crippen molar-refractivity contribution in [3.63, 3.8) is 0 Å². The average molecular weight is 387 g/mol. The number of ether oxygens (including phenoxy) is 1. The number of aliphatic hydroxyl groups excluding tert-OH is 1. The van der Waals surface area contributed by atoms with Crippen molar-refractivity contribution in [1.29, 1.82) is 5.26 Å². The summed E-state index contributed by atoms with van der Waals surface area (Å²) in [6, 6.07) is 10.6. The second-order valence-electron chi connectivity index (χ2n) is 8.66. The molecule has 1 aromatic carbocycles. The predicted octanol–water partition coefficient (Wildman–Crippen LogP) is 1.80. The maximum absolute atomic E-state index is 10.3. The number of aliphatic hydroxyl groups is 1. The van der Waals surface area contributed by atoms with Crippen molar-refractivity contribution in [2.75, 3.05) is 59.5 Å². The summed E-state index contributed by atoms with van der Waals surface area (Å²) in [5.74, 6) is 0.803. The van der Waals surface area contributed by atoms with Crippen LogP contribution in [0.3, 0.4) is 0 Å². The van der Waals surface area contributed by atoms with Gasteiger partial charge < -0.3 is 14.7 Å². The van der Waals surface area contributed by atoms with Crippen molar-refractivity contribution >= 4 is 0 Å². The number of likely N-dealkylation sites (N-methyl/N-ethyl adjacent to an activating group) is 1. The number of rotatable bonds is 7. The van der Waals surface area contributed by atoms with Crippen LogP contribution in [-0.4, -0.2) is 85.4 Å². The predicted molar refractivity (Wildman–Crippen MR) is 110 cm³/mol. The van der Waals surface area contributed by atoms with E-state index < -0.39 is 6.10 Å². The first kappa shape index (κ1) is 21.1. The molecule has 0 aliphatic carbocycles. The molecule has 0 amide bonds. The van der Waals surface area contributed by atoms with Crippen molar-refractivity contribution in [3.8, 4) is 11.8 Å². The molecule has 28 heavy (non-hydrogen) atoms. The van der Waals surface area contributed by atoms with Gasteiger partial charge in [0.1, 0.15) is 18.5 Å². The number of piperazine rings is 1. The summed E-state index contributed by atoms with van der Waals surface area (Å²) in [5.41, 5.74) is 1.10. The lowest BCUT2D eigenvalue weighted by Gasteiger charge is -2.34. The lowest BCUT2D eigenvalue weighted by molar-refractivity contribution is 0.0504. The SMILES string of the molecule is CN1CCN(C[C@@H](O)COc2ccc(CN3CCC(C)(C#N)CC3)cc2)CC1. The van der Waals surface area contributed by atoms with Gasteiger partial charge in [0, 0.05) is 39.3 Å². The Morgan fingerprint density at radius 1 is 1.07 bits per heavy atom. The molecule has 2 saturated heterocycles. The van der Waals surface area contributed by atoms with Crippen LogP contribution in [0.1, 0.15) is 25.3 Å². The summed E-state index contributed by atoms with van der Waals surface area (Å²) >= 11 is 0. The van der Waals surface area contributed by atoms with Gasteiger partial charge in [-0.1, -0.05) is 12.1 Å². The lowest BCUT2D eigenvalue weighted by atomic mass is 9.82. The van der Waals surface area contributed by atoms with E-state index in [4.69, 9.17) is 4.74 Å². The first-order valence-corrected chi connectivity index (χ1v) is 10.4. The Hall–Kier alpha value is -1.65. The van der Waals surface area contributed by atoms with Gasteiger partial charge in [0.15, 0.2) is 0 Å². The minimum atomic E-state index is -0.467. The van der Waals surface area contributed by atoms with E-state index in [1.807, 2.05) is 12.1 Å². The minimum absolute atomic E-state index is 0.154. The Morgan fingerprint density at radius 3 is 2.32 bits per heavy atom. The fraction of sp³-hybridized carbons (Fsp3) is 0.682. The molecule has 1 aromatic rings. The van der Waals surface area contributed by atoms with E-state index in [0.717, 1.165) is 64.4 Å². The molecule has 2 aliphatic heterocycles. The number of piperidine rings is 1. The summed E-state index contributed by atoms with van der Waals surface area (Å²) in [6.07, 6.45) is 1.41. The fourth-order valence-electron chi connectivity index (χ4n) is 3.84. The van der Waals surface area contributed by atoms with Gasteiger partial charge in [-0.15, -0.1) is 0 Å². The Kier molecular flexibility index (Phi) is 7.30. The molecule has 2 fully saturated rings. The number of likely N-dealkylation sites (tertiary alicyclic amines) is 1. The maximum Gasteiger partial charge on any atom is 0.119 e. The summed E-state index contributed by atoms with van der Waals surface area (Å²) < 4.78 is 5.78. The number of β-amino-alcohol motifs (C(OH)–C–C–N with tert-alkyl or cyclic N) is 1. The molecule has 154 valence electrons. The molecule has 0 aromatic heterocycles. The van der Waals surface area contributed by atoms with Crippen molar-refractivity contribution in [2.45, 2.75) is 32.4 Å². The van der Waals surface area contributed by atoms with Crippen LogP contribution in [0, 0.1) is 16.7 Å². The zero-order valence-electron chi connectivity index (χ0n) is 17.3. The van der Waals surface area contributed by atoms with Crippen LogP contribution in [0.2, 0.25) is 0 Å². The van der Waals surface area contributed by atoms with Crippen LogP contribution in [0.15, 0.2) is 24.3 Å². The van der Waals surface area contributed by atoms with Gasteiger partial charge >= 0.3 is 0 Å². The number of nitrogens with zero attached hydrogens (tertiary/aromatic N) is 4. The highest BCUT2D eigenvalue weighted by Crippen LogP contribution is 2.30. The van der Waals surface area contributed by atoms with E-state index in [0.29, 0.717) is 13.2 Å². The maximum atomic E-state index is 10.3. The quantitative estimate of drug-likeness (QED) is 0.771. The first-order chi connectivity index (χ1) is 13.5. The van der Waals surface area contributed by atoms with E-state index >= 15 is 0 Å². The van der Waals surface area contributed by atoms with Crippen molar-refractivity contribution in [2.24, 2.45) is 5.41 Å². The molecule has 6 nitrogen and oxygen atoms in total. The van der Waals surface area contributed by atoms with Crippen LogP contribution in [0.5, 0.6) is 5.75 Å². The molecule has 0 unspecified atom stereocenters.